The van der Waals surface area contributed by atoms with Gasteiger partial charge in [-0.2, -0.15) is 5.10 Å². The fourth-order valence-corrected chi connectivity index (χ4v) is 1.53. The third-order valence-electron chi connectivity index (χ3n) is 2.22. The molecule has 2 rings (SSSR count). The van der Waals surface area contributed by atoms with E-state index in [1.165, 1.54) is 0 Å². The largest absolute Gasteiger partial charge is 0.323 e. The van der Waals surface area contributed by atoms with Crippen LogP contribution in [0, 0.1) is 13.8 Å². The molecule has 4 nitrogen and oxygen atoms in total. The lowest BCUT2D eigenvalue weighted by Gasteiger charge is -1.99. The summed E-state index contributed by atoms with van der Waals surface area (Å²) < 4.78 is 1.83. The molecule has 0 amide bonds. The third kappa shape index (κ3) is 1.37. The van der Waals surface area contributed by atoms with Crippen LogP contribution in [0.15, 0.2) is 12.1 Å². The zero-order valence-electron chi connectivity index (χ0n) is 8.65. The minimum atomic E-state index is -0.0450. The van der Waals surface area contributed by atoms with Crippen LogP contribution in [0.1, 0.15) is 30.0 Å². The van der Waals surface area contributed by atoms with E-state index in [1.54, 1.807) is 0 Å². The van der Waals surface area contributed by atoms with Crippen LogP contribution in [0.3, 0.4) is 0 Å². The van der Waals surface area contributed by atoms with E-state index in [9.17, 15) is 0 Å². The van der Waals surface area contributed by atoms with Crippen molar-refractivity contribution in [2.24, 2.45) is 5.73 Å². The molecule has 2 N–H and O–H groups in total. The number of nitrogens with two attached hydrogens (primary N) is 1. The maximum atomic E-state index is 5.76. The molecule has 0 aliphatic carbocycles. The Morgan fingerprint density at radius 2 is 2.07 bits per heavy atom. The number of aryl methyl sites for hydroxylation is 2. The van der Waals surface area contributed by atoms with Gasteiger partial charge in [-0.25, -0.2) is 9.50 Å². The van der Waals surface area contributed by atoms with Gasteiger partial charge in [0.1, 0.15) is 0 Å². The Bertz CT molecular complexity index is 470. The number of rotatable bonds is 1. The molecule has 0 saturated carbocycles. The number of hydrogen-bond donors (Lipinski definition) is 1. The molecule has 0 radical (unpaired) electrons. The Kier molecular flexibility index (Phi) is 2.00. The van der Waals surface area contributed by atoms with Crippen molar-refractivity contribution >= 4 is 5.65 Å². The summed E-state index contributed by atoms with van der Waals surface area (Å²) >= 11 is 0. The predicted molar refractivity (Wildman–Crippen MR) is 55.1 cm³/mol. The van der Waals surface area contributed by atoms with Gasteiger partial charge in [0.25, 0.3) is 0 Å². The van der Waals surface area contributed by atoms with Gasteiger partial charge in [0.05, 0.1) is 5.69 Å². The van der Waals surface area contributed by atoms with Crippen LogP contribution >= 0.6 is 0 Å². The first-order chi connectivity index (χ1) is 6.58. The highest BCUT2D eigenvalue weighted by Gasteiger charge is 2.08. The average Bonchev–Trinajstić information content (AvgIpc) is 2.47. The van der Waals surface area contributed by atoms with Crippen LogP contribution < -0.4 is 5.73 Å². The van der Waals surface area contributed by atoms with Crippen LogP contribution in [-0.4, -0.2) is 14.6 Å². The summed E-state index contributed by atoms with van der Waals surface area (Å²) in [7, 11) is 0. The van der Waals surface area contributed by atoms with Crippen LogP contribution in [0.4, 0.5) is 0 Å². The summed E-state index contributed by atoms with van der Waals surface area (Å²) in [5, 5.41) is 4.38. The normalized spacial score (nSPS) is 13.4. The molecule has 0 aliphatic rings. The Morgan fingerprint density at radius 3 is 2.71 bits per heavy atom. The second kappa shape index (κ2) is 3.06. The molecule has 1 unspecified atom stereocenters. The lowest BCUT2D eigenvalue weighted by atomic mass is 10.2. The van der Waals surface area contributed by atoms with E-state index in [-0.39, 0.29) is 6.04 Å². The Labute approximate surface area is 82.8 Å². The van der Waals surface area contributed by atoms with E-state index >= 15 is 0 Å². The number of hydrogen-bond acceptors (Lipinski definition) is 3. The minimum absolute atomic E-state index is 0.0450. The van der Waals surface area contributed by atoms with Crippen molar-refractivity contribution in [2.75, 3.05) is 0 Å². The molecule has 0 spiro atoms. The van der Waals surface area contributed by atoms with E-state index in [0.717, 1.165) is 22.7 Å². The number of fused-ring (bicyclic) bond motifs is 1. The number of nitrogens with zero attached hydrogens (tertiary/aromatic N) is 3. The van der Waals surface area contributed by atoms with Crippen molar-refractivity contribution in [3.05, 3.63) is 29.2 Å². The fraction of sp³-hybridized carbons (Fsp3) is 0.400. The zero-order valence-corrected chi connectivity index (χ0v) is 8.65. The SMILES string of the molecule is Cc1cc(C)n2nc(C(C)N)cc2n1. The van der Waals surface area contributed by atoms with Crippen molar-refractivity contribution < 1.29 is 0 Å². The first-order valence-electron chi connectivity index (χ1n) is 4.67. The lowest BCUT2D eigenvalue weighted by molar-refractivity contribution is 0.747. The first-order valence-corrected chi connectivity index (χ1v) is 4.67. The molecule has 2 aromatic rings. The van der Waals surface area contributed by atoms with Crippen LogP contribution in [0.25, 0.3) is 5.65 Å². The Hall–Kier alpha value is -1.42. The zero-order chi connectivity index (χ0) is 10.3. The van der Waals surface area contributed by atoms with Crippen molar-refractivity contribution in [1.29, 1.82) is 0 Å². The molecule has 0 saturated heterocycles. The maximum Gasteiger partial charge on any atom is 0.155 e. The molecule has 0 aromatic carbocycles. The summed E-state index contributed by atoms with van der Waals surface area (Å²) in [5.41, 5.74) is 9.60. The minimum Gasteiger partial charge on any atom is -0.323 e. The lowest BCUT2D eigenvalue weighted by Crippen LogP contribution is -2.06. The standard InChI is InChI=1S/C10H14N4/c1-6-4-7(2)14-10(12-6)5-9(13-14)8(3)11/h4-5,8H,11H2,1-3H3. The van der Waals surface area contributed by atoms with Gasteiger partial charge in [-0.3, -0.25) is 0 Å². The van der Waals surface area contributed by atoms with Gasteiger partial charge >= 0.3 is 0 Å². The van der Waals surface area contributed by atoms with Gasteiger partial charge in [0, 0.05) is 23.5 Å². The molecule has 4 heteroatoms. The topological polar surface area (TPSA) is 56.2 Å². The van der Waals surface area contributed by atoms with E-state index < -0.39 is 0 Å². The molecule has 74 valence electrons. The highest BCUT2D eigenvalue weighted by atomic mass is 15.3. The molecular formula is C10H14N4. The van der Waals surface area contributed by atoms with E-state index in [2.05, 4.69) is 10.1 Å². The van der Waals surface area contributed by atoms with Gasteiger partial charge in [0.15, 0.2) is 5.65 Å². The summed E-state index contributed by atoms with van der Waals surface area (Å²) in [6.45, 7) is 5.91. The molecule has 2 heterocycles. The van der Waals surface area contributed by atoms with E-state index in [1.807, 2.05) is 37.4 Å². The molecule has 0 aliphatic heterocycles. The highest BCUT2D eigenvalue weighted by molar-refractivity contribution is 5.42. The first kappa shape index (κ1) is 9.15. The van der Waals surface area contributed by atoms with Crippen LogP contribution in [0.2, 0.25) is 0 Å². The monoisotopic (exact) mass is 190 g/mol. The number of aromatic nitrogens is 3. The van der Waals surface area contributed by atoms with Crippen LogP contribution in [0.5, 0.6) is 0 Å². The molecule has 2 aromatic heterocycles. The summed E-state index contributed by atoms with van der Waals surface area (Å²) in [6, 6.07) is 3.90. The third-order valence-corrected chi connectivity index (χ3v) is 2.22. The highest BCUT2D eigenvalue weighted by Crippen LogP contribution is 2.12. The van der Waals surface area contributed by atoms with Crippen molar-refractivity contribution in [3.8, 4) is 0 Å². The maximum absolute atomic E-state index is 5.76. The average molecular weight is 190 g/mol. The van der Waals surface area contributed by atoms with Gasteiger partial charge in [-0.1, -0.05) is 0 Å². The van der Waals surface area contributed by atoms with E-state index in [4.69, 9.17) is 5.73 Å². The van der Waals surface area contributed by atoms with Gasteiger partial charge in [-0.15, -0.1) is 0 Å². The van der Waals surface area contributed by atoms with Crippen molar-refractivity contribution in [3.63, 3.8) is 0 Å². The molecular weight excluding hydrogens is 176 g/mol. The van der Waals surface area contributed by atoms with Gasteiger partial charge in [0.2, 0.25) is 0 Å². The fourth-order valence-electron chi connectivity index (χ4n) is 1.53. The quantitative estimate of drug-likeness (QED) is 0.738. The second-order valence-electron chi connectivity index (χ2n) is 3.67. The summed E-state index contributed by atoms with van der Waals surface area (Å²) in [6.07, 6.45) is 0. The van der Waals surface area contributed by atoms with Gasteiger partial charge in [-0.05, 0) is 26.8 Å². The molecule has 0 bridgehead atoms. The second-order valence-corrected chi connectivity index (χ2v) is 3.67. The molecule has 14 heavy (non-hydrogen) atoms. The van der Waals surface area contributed by atoms with Crippen LogP contribution in [-0.2, 0) is 0 Å². The Balaban J connectivity index is 2.70. The molecule has 0 fully saturated rings. The predicted octanol–water partition coefficient (Wildman–Crippen LogP) is 1.37. The van der Waals surface area contributed by atoms with Crippen molar-refractivity contribution in [1.82, 2.24) is 14.6 Å². The Morgan fingerprint density at radius 1 is 1.36 bits per heavy atom. The summed E-state index contributed by atoms with van der Waals surface area (Å²) in [5.74, 6) is 0. The summed E-state index contributed by atoms with van der Waals surface area (Å²) in [4.78, 5) is 4.38. The van der Waals surface area contributed by atoms with E-state index in [0.29, 0.717) is 0 Å². The smallest absolute Gasteiger partial charge is 0.155 e. The van der Waals surface area contributed by atoms with Crippen molar-refractivity contribution in [2.45, 2.75) is 26.8 Å². The van der Waals surface area contributed by atoms with Gasteiger partial charge < -0.3 is 5.73 Å². The molecule has 1 atom stereocenters.